The first kappa shape index (κ1) is 11.3. The molecule has 0 aromatic carbocycles. The predicted octanol–water partition coefficient (Wildman–Crippen LogP) is 2.82. The zero-order valence-corrected chi connectivity index (χ0v) is 10.1. The molecule has 1 unspecified atom stereocenters. The molecule has 1 aromatic rings. The van der Waals surface area contributed by atoms with E-state index in [1.165, 1.54) is 0 Å². The SMILES string of the molecule is CC(C)C(C)NC(=O)c1ccc(Br)o1. The van der Waals surface area contributed by atoms with Crippen molar-refractivity contribution in [2.75, 3.05) is 0 Å². The highest BCUT2D eigenvalue weighted by atomic mass is 79.9. The van der Waals surface area contributed by atoms with Gasteiger partial charge < -0.3 is 9.73 Å². The van der Waals surface area contributed by atoms with Gasteiger partial charge in [0.1, 0.15) is 0 Å². The average Bonchev–Trinajstić information content (AvgIpc) is 2.51. The molecule has 0 radical (unpaired) electrons. The summed E-state index contributed by atoms with van der Waals surface area (Å²) < 4.78 is 5.70. The zero-order valence-electron chi connectivity index (χ0n) is 8.50. The van der Waals surface area contributed by atoms with Gasteiger partial charge in [0.05, 0.1) is 0 Å². The molecular formula is C10H14BrNO2. The van der Waals surface area contributed by atoms with Crippen LogP contribution in [0.15, 0.2) is 21.2 Å². The van der Waals surface area contributed by atoms with Gasteiger partial charge in [-0.1, -0.05) is 13.8 Å². The molecule has 1 amide bonds. The molecular weight excluding hydrogens is 246 g/mol. The second-order valence-electron chi connectivity index (χ2n) is 3.61. The molecule has 1 aromatic heterocycles. The highest BCUT2D eigenvalue weighted by Crippen LogP contribution is 2.14. The molecule has 0 saturated heterocycles. The van der Waals surface area contributed by atoms with Crippen LogP contribution >= 0.6 is 15.9 Å². The Morgan fingerprint density at radius 2 is 2.07 bits per heavy atom. The van der Waals surface area contributed by atoms with Crippen molar-refractivity contribution in [1.82, 2.24) is 5.32 Å². The molecule has 3 nitrogen and oxygen atoms in total. The van der Waals surface area contributed by atoms with Crippen LogP contribution in [0, 0.1) is 5.92 Å². The number of halogens is 1. The fourth-order valence-corrected chi connectivity index (χ4v) is 1.19. The van der Waals surface area contributed by atoms with Crippen molar-refractivity contribution in [3.63, 3.8) is 0 Å². The van der Waals surface area contributed by atoms with E-state index in [0.717, 1.165) is 0 Å². The lowest BCUT2D eigenvalue weighted by Crippen LogP contribution is -2.35. The van der Waals surface area contributed by atoms with Crippen LogP contribution in [-0.2, 0) is 0 Å². The Morgan fingerprint density at radius 1 is 1.43 bits per heavy atom. The van der Waals surface area contributed by atoms with Gasteiger partial charge in [-0.25, -0.2) is 0 Å². The molecule has 14 heavy (non-hydrogen) atoms. The van der Waals surface area contributed by atoms with Gasteiger partial charge in [-0.3, -0.25) is 4.79 Å². The highest BCUT2D eigenvalue weighted by molar-refractivity contribution is 9.10. The Bertz CT molecular complexity index is 320. The van der Waals surface area contributed by atoms with Gasteiger partial charge in [0.2, 0.25) is 0 Å². The smallest absolute Gasteiger partial charge is 0.287 e. The minimum atomic E-state index is -0.170. The Morgan fingerprint density at radius 3 is 2.50 bits per heavy atom. The highest BCUT2D eigenvalue weighted by Gasteiger charge is 2.14. The number of amides is 1. The van der Waals surface area contributed by atoms with Gasteiger partial charge in [0.15, 0.2) is 10.4 Å². The van der Waals surface area contributed by atoms with Crippen molar-refractivity contribution < 1.29 is 9.21 Å². The molecule has 1 heterocycles. The van der Waals surface area contributed by atoms with Crippen molar-refractivity contribution in [3.8, 4) is 0 Å². The fraction of sp³-hybridized carbons (Fsp3) is 0.500. The van der Waals surface area contributed by atoms with Gasteiger partial charge in [0.25, 0.3) is 5.91 Å². The normalized spacial score (nSPS) is 12.9. The summed E-state index contributed by atoms with van der Waals surface area (Å²) in [6.45, 7) is 6.09. The molecule has 0 bridgehead atoms. The Balaban J connectivity index is 2.59. The lowest BCUT2D eigenvalue weighted by Gasteiger charge is -2.16. The van der Waals surface area contributed by atoms with Gasteiger partial charge >= 0.3 is 0 Å². The third kappa shape index (κ3) is 2.87. The first-order chi connectivity index (χ1) is 6.50. The molecule has 1 N–H and O–H groups in total. The lowest BCUT2D eigenvalue weighted by atomic mass is 10.1. The van der Waals surface area contributed by atoms with E-state index in [-0.39, 0.29) is 11.9 Å². The zero-order chi connectivity index (χ0) is 10.7. The van der Waals surface area contributed by atoms with Crippen LogP contribution in [0.4, 0.5) is 0 Å². The van der Waals surface area contributed by atoms with Crippen molar-refractivity contribution >= 4 is 21.8 Å². The molecule has 0 aliphatic heterocycles. The predicted molar refractivity (Wildman–Crippen MR) is 58.2 cm³/mol. The van der Waals surface area contributed by atoms with Crippen LogP contribution in [0.5, 0.6) is 0 Å². The van der Waals surface area contributed by atoms with Crippen LogP contribution < -0.4 is 5.32 Å². The standard InChI is InChI=1S/C10H14BrNO2/c1-6(2)7(3)12-10(13)8-4-5-9(11)14-8/h4-7H,1-3H3,(H,12,13). The number of carbonyl (C=O) groups excluding carboxylic acids is 1. The van der Waals surface area contributed by atoms with Crippen LogP contribution in [0.3, 0.4) is 0 Å². The summed E-state index contributed by atoms with van der Waals surface area (Å²) in [5, 5.41) is 2.86. The van der Waals surface area contributed by atoms with Crippen molar-refractivity contribution in [3.05, 3.63) is 22.6 Å². The summed E-state index contributed by atoms with van der Waals surface area (Å²) in [6, 6.07) is 3.49. The number of hydrogen-bond acceptors (Lipinski definition) is 2. The first-order valence-electron chi connectivity index (χ1n) is 4.57. The third-order valence-electron chi connectivity index (χ3n) is 2.16. The summed E-state index contributed by atoms with van der Waals surface area (Å²) in [6.07, 6.45) is 0. The second kappa shape index (κ2) is 4.64. The minimum Gasteiger partial charge on any atom is -0.444 e. The molecule has 1 atom stereocenters. The molecule has 0 saturated carbocycles. The molecule has 78 valence electrons. The van der Waals surface area contributed by atoms with Gasteiger partial charge in [0, 0.05) is 6.04 Å². The summed E-state index contributed by atoms with van der Waals surface area (Å²) in [5.74, 6) is 0.582. The minimum absolute atomic E-state index is 0.145. The molecule has 0 aliphatic rings. The van der Waals surface area contributed by atoms with Crippen molar-refractivity contribution in [2.45, 2.75) is 26.8 Å². The van der Waals surface area contributed by atoms with E-state index in [1.54, 1.807) is 12.1 Å². The Labute approximate surface area is 92.0 Å². The number of carbonyl (C=O) groups is 1. The molecule has 1 rings (SSSR count). The van der Waals surface area contributed by atoms with Crippen LogP contribution in [0.2, 0.25) is 0 Å². The maximum atomic E-state index is 11.5. The van der Waals surface area contributed by atoms with Gasteiger partial charge in [-0.05, 0) is 40.9 Å². The number of furan rings is 1. The van der Waals surface area contributed by atoms with E-state index in [4.69, 9.17) is 4.42 Å². The second-order valence-corrected chi connectivity index (χ2v) is 4.39. The maximum Gasteiger partial charge on any atom is 0.287 e. The quantitative estimate of drug-likeness (QED) is 0.907. The third-order valence-corrected chi connectivity index (χ3v) is 2.58. The van der Waals surface area contributed by atoms with E-state index in [9.17, 15) is 4.79 Å². The van der Waals surface area contributed by atoms with Crippen LogP contribution in [0.1, 0.15) is 31.3 Å². The number of rotatable bonds is 3. The number of nitrogens with one attached hydrogen (secondary N) is 1. The molecule has 0 aliphatic carbocycles. The molecule has 0 fully saturated rings. The van der Waals surface area contributed by atoms with E-state index in [1.807, 2.05) is 6.92 Å². The van der Waals surface area contributed by atoms with Crippen molar-refractivity contribution in [1.29, 1.82) is 0 Å². The first-order valence-corrected chi connectivity index (χ1v) is 5.36. The van der Waals surface area contributed by atoms with E-state index in [2.05, 4.69) is 35.1 Å². The largest absolute Gasteiger partial charge is 0.444 e. The fourth-order valence-electron chi connectivity index (χ4n) is 0.881. The van der Waals surface area contributed by atoms with Crippen LogP contribution in [-0.4, -0.2) is 11.9 Å². The van der Waals surface area contributed by atoms with Crippen LogP contribution in [0.25, 0.3) is 0 Å². The topological polar surface area (TPSA) is 42.2 Å². The van der Waals surface area contributed by atoms with E-state index in [0.29, 0.717) is 16.3 Å². The van der Waals surface area contributed by atoms with Crippen molar-refractivity contribution in [2.24, 2.45) is 5.92 Å². The summed E-state index contributed by atoms with van der Waals surface area (Å²) in [4.78, 5) is 11.5. The maximum absolute atomic E-state index is 11.5. The average molecular weight is 260 g/mol. The number of hydrogen-bond donors (Lipinski definition) is 1. The van der Waals surface area contributed by atoms with E-state index < -0.39 is 0 Å². The molecule has 0 spiro atoms. The summed E-state index contributed by atoms with van der Waals surface area (Å²) in [7, 11) is 0. The Kier molecular flexibility index (Phi) is 3.75. The monoisotopic (exact) mass is 259 g/mol. The van der Waals surface area contributed by atoms with Gasteiger partial charge in [-0.15, -0.1) is 0 Å². The summed E-state index contributed by atoms with van der Waals surface area (Å²) >= 11 is 3.15. The van der Waals surface area contributed by atoms with E-state index >= 15 is 0 Å². The Hall–Kier alpha value is -0.770. The lowest BCUT2D eigenvalue weighted by molar-refractivity contribution is 0.0901. The summed E-state index contributed by atoms with van der Waals surface area (Å²) in [5.41, 5.74) is 0. The molecule has 4 heteroatoms. The van der Waals surface area contributed by atoms with Gasteiger partial charge in [-0.2, -0.15) is 0 Å².